The van der Waals surface area contributed by atoms with Crippen molar-refractivity contribution >= 4 is 0 Å². The largest absolute Gasteiger partial charge is 0.573 e. The molecule has 0 bridgehead atoms. The van der Waals surface area contributed by atoms with Crippen LogP contribution in [0, 0.1) is 0 Å². The van der Waals surface area contributed by atoms with Crippen LogP contribution in [0.1, 0.15) is 0 Å². The molecule has 4 nitrogen and oxygen atoms in total. The molecule has 3 rings (SSSR count). The molecule has 122 valence electrons. The summed E-state index contributed by atoms with van der Waals surface area (Å²) < 4.78 is 40.8. The zero-order valence-corrected chi connectivity index (χ0v) is 12.2. The number of benzene rings is 2. The Kier molecular flexibility index (Phi) is 4.07. The van der Waals surface area contributed by atoms with E-state index >= 15 is 0 Å². The fourth-order valence-electron chi connectivity index (χ4n) is 2.13. The molecule has 0 aliphatic carbocycles. The average molecular weight is 332 g/mol. The Morgan fingerprint density at radius 1 is 0.792 bits per heavy atom. The summed E-state index contributed by atoms with van der Waals surface area (Å²) in [6.45, 7) is 0. The van der Waals surface area contributed by atoms with Crippen LogP contribution in [0.25, 0.3) is 22.5 Å². The number of phenols is 1. The Hall–Kier alpha value is -3.09. The second kappa shape index (κ2) is 6.19. The number of alkyl halides is 3. The summed E-state index contributed by atoms with van der Waals surface area (Å²) in [4.78, 5) is 0. The first-order valence-corrected chi connectivity index (χ1v) is 6.91. The smallest absolute Gasteiger partial charge is 0.504 e. The van der Waals surface area contributed by atoms with Gasteiger partial charge in [-0.1, -0.05) is 30.3 Å². The van der Waals surface area contributed by atoms with Crippen LogP contribution in [0.3, 0.4) is 0 Å². The van der Waals surface area contributed by atoms with Gasteiger partial charge in [0.25, 0.3) is 0 Å². The summed E-state index contributed by atoms with van der Waals surface area (Å²) >= 11 is 0. The van der Waals surface area contributed by atoms with Gasteiger partial charge in [0.2, 0.25) is 0 Å². The zero-order valence-electron chi connectivity index (χ0n) is 12.2. The van der Waals surface area contributed by atoms with Crippen molar-refractivity contribution in [3.63, 3.8) is 0 Å². The predicted molar refractivity (Wildman–Crippen MR) is 81.3 cm³/mol. The molecule has 0 aliphatic rings. The van der Waals surface area contributed by atoms with E-state index in [1.54, 1.807) is 12.1 Å². The molecule has 0 unspecified atom stereocenters. The standard InChI is InChI=1S/C17H11F3N2O2/c18-17(19,20)24-16-10-12(6-9-15(16)23)14-8-7-13(21-22-14)11-4-2-1-3-5-11/h1-10,23H. The Bertz CT molecular complexity index is 835. The van der Waals surface area contributed by atoms with Crippen LogP contribution in [0.15, 0.2) is 60.7 Å². The topological polar surface area (TPSA) is 55.2 Å². The van der Waals surface area contributed by atoms with Gasteiger partial charge in [0.15, 0.2) is 11.5 Å². The molecule has 0 radical (unpaired) electrons. The van der Waals surface area contributed by atoms with Crippen LogP contribution in [-0.2, 0) is 0 Å². The van der Waals surface area contributed by atoms with Crippen LogP contribution < -0.4 is 4.74 Å². The number of ether oxygens (including phenoxy) is 1. The van der Waals surface area contributed by atoms with Gasteiger partial charge in [-0.3, -0.25) is 0 Å². The molecule has 3 aromatic rings. The van der Waals surface area contributed by atoms with Gasteiger partial charge in [0.05, 0.1) is 11.4 Å². The number of aromatic hydroxyl groups is 1. The molecule has 2 aromatic carbocycles. The Balaban J connectivity index is 1.91. The van der Waals surface area contributed by atoms with Gasteiger partial charge in [-0.25, -0.2) is 0 Å². The number of nitrogens with zero attached hydrogens (tertiary/aromatic N) is 2. The third-order valence-electron chi connectivity index (χ3n) is 3.22. The Labute approximate surface area is 135 Å². The van der Waals surface area contributed by atoms with Crippen molar-refractivity contribution in [2.45, 2.75) is 6.36 Å². The summed E-state index contributed by atoms with van der Waals surface area (Å²) in [5, 5.41) is 17.6. The van der Waals surface area contributed by atoms with E-state index in [2.05, 4.69) is 14.9 Å². The minimum Gasteiger partial charge on any atom is -0.504 e. The monoisotopic (exact) mass is 332 g/mol. The van der Waals surface area contributed by atoms with Gasteiger partial charge >= 0.3 is 6.36 Å². The van der Waals surface area contributed by atoms with Crippen LogP contribution in [-0.4, -0.2) is 21.7 Å². The maximum Gasteiger partial charge on any atom is 0.573 e. The van der Waals surface area contributed by atoms with E-state index in [0.29, 0.717) is 17.0 Å². The van der Waals surface area contributed by atoms with E-state index < -0.39 is 17.9 Å². The van der Waals surface area contributed by atoms with Crippen molar-refractivity contribution in [3.8, 4) is 34.0 Å². The molecule has 1 heterocycles. The molecule has 0 fully saturated rings. The number of halogens is 3. The van der Waals surface area contributed by atoms with Crippen molar-refractivity contribution in [1.29, 1.82) is 0 Å². The van der Waals surface area contributed by atoms with Gasteiger partial charge in [-0.15, -0.1) is 23.4 Å². The van der Waals surface area contributed by atoms with Gasteiger partial charge in [0, 0.05) is 11.1 Å². The highest BCUT2D eigenvalue weighted by Crippen LogP contribution is 2.34. The van der Waals surface area contributed by atoms with Gasteiger partial charge in [0.1, 0.15) is 0 Å². The van der Waals surface area contributed by atoms with Crippen LogP contribution in [0.5, 0.6) is 11.5 Å². The highest BCUT2D eigenvalue weighted by molar-refractivity contribution is 5.66. The molecule has 1 N–H and O–H groups in total. The number of hydrogen-bond acceptors (Lipinski definition) is 4. The average Bonchev–Trinajstić information content (AvgIpc) is 2.57. The normalized spacial score (nSPS) is 11.3. The molecule has 0 saturated heterocycles. The Morgan fingerprint density at radius 2 is 1.42 bits per heavy atom. The maximum absolute atomic E-state index is 12.3. The molecule has 0 saturated carbocycles. The molecule has 0 atom stereocenters. The van der Waals surface area contributed by atoms with E-state index in [0.717, 1.165) is 17.7 Å². The highest BCUT2D eigenvalue weighted by atomic mass is 19.4. The van der Waals surface area contributed by atoms with Crippen molar-refractivity contribution in [2.24, 2.45) is 0 Å². The lowest BCUT2D eigenvalue weighted by molar-refractivity contribution is -0.275. The predicted octanol–water partition coefficient (Wildman–Crippen LogP) is 4.41. The van der Waals surface area contributed by atoms with Gasteiger partial charge < -0.3 is 9.84 Å². The van der Waals surface area contributed by atoms with Gasteiger partial charge in [-0.05, 0) is 30.3 Å². The molecular formula is C17H11F3N2O2. The highest BCUT2D eigenvalue weighted by Gasteiger charge is 2.32. The SMILES string of the molecule is Oc1ccc(-c2ccc(-c3ccccc3)nn2)cc1OC(F)(F)F. The first-order valence-electron chi connectivity index (χ1n) is 6.91. The molecular weight excluding hydrogens is 321 g/mol. The zero-order chi connectivity index (χ0) is 17.2. The third-order valence-corrected chi connectivity index (χ3v) is 3.22. The first-order chi connectivity index (χ1) is 11.4. The summed E-state index contributed by atoms with van der Waals surface area (Å²) in [6, 6.07) is 16.3. The molecule has 0 amide bonds. The van der Waals surface area contributed by atoms with Crippen LogP contribution in [0.4, 0.5) is 13.2 Å². The van der Waals surface area contributed by atoms with E-state index in [4.69, 9.17) is 0 Å². The van der Waals surface area contributed by atoms with Crippen LogP contribution >= 0.6 is 0 Å². The second-order valence-electron chi connectivity index (χ2n) is 4.90. The lowest BCUT2D eigenvalue weighted by atomic mass is 10.1. The summed E-state index contributed by atoms with van der Waals surface area (Å²) in [6.07, 6.45) is -4.89. The summed E-state index contributed by atoms with van der Waals surface area (Å²) in [5.41, 5.74) is 2.23. The lowest BCUT2D eigenvalue weighted by Gasteiger charge is -2.11. The maximum atomic E-state index is 12.3. The third kappa shape index (κ3) is 3.62. The molecule has 7 heteroatoms. The van der Waals surface area contributed by atoms with Gasteiger partial charge in [-0.2, -0.15) is 0 Å². The number of aromatic nitrogens is 2. The Morgan fingerprint density at radius 3 is 2.00 bits per heavy atom. The van der Waals surface area contributed by atoms with E-state index in [1.807, 2.05) is 30.3 Å². The molecule has 0 spiro atoms. The number of rotatable bonds is 3. The molecule has 1 aromatic heterocycles. The minimum atomic E-state index is -4.89. The fourth-order valence-corrected chi connectivity index (χ4v) is 2.13. The quantitative estimate of drug-likeness (QED) is 0.772. The van der Waals surface area contributed by atoms with Crippen molar-refractivity contribution in [1.82, 2.24) is 10.2 Å². The minimum absolute atomic E-state index is 0.346. The van der Waals surface area contributed by atoms with E-state index in [9.17, 15) is 18.3 Å². The molecule has 0 aliphatic heterocycles. The van der Waals surface area contributed by atoms with Crippen molar-refractivity contribution in [3.05, 3.63) is 60.7 Å². The lowest BCUT2D eigenvalue weighted by Crippen LogP contribution is -2.17. The van der Waals surface area contributed by atoms with E-state index in [-0.39, 0.29) is 0 Å². The fraction of sp³-hybridized carbons (Fsp3) is 0.0588. The number of phenolic OH excluding ortho intramolecular Hbond substituents is 1. The molecule has 24 heavy (non-hydrogen) atoms. The number of hydrogen-bond donors (Lipinski definition) is 1. The first kappa shape index (κ1) is 15.8. The van der Waals surface area contributed by atoms with Crippen molar-refractivity contribution in [2.75, 3.05) is 0 Å². The second-order valence-corrected chi connectivity index (χ2v) is 4.90. The van der Waals surface area contributed by atoms with E-state index in [1.165, 1.54) is 6.07 Å². The summed E-state index contributed by atoms with van der Waals surface area (Å²) in [5.74, 6) is -1.29. The van der Waals surface area contributed by atoms with Crippen molar-refractivity contribution < 1.29 is 23.0 Å². The van der Waals surface area contributed by atoms with Crippen LogP contribution in [0.2, 0.25) is 0 Å². The summed E-state index contributed by atoms with van der Waals surface area (Å²) in [7, 11) is 0.